The lowest BCUT2D eigenvalue weighted by Gasteiger charge is -2.09. The number of aliphatic imine (C=N–C) groups is 1. The molecule has 0 unspecified atom stereocenters. The Morgan fingerprint density at radius 3 is 2.83 bits per heavy atom. The van der Waals surface area contributed by atoms with Crippen LogP contribution in [0.15, 0.2) is 41.4 Å². The van der Waals surface area contributed by atoms with Gasteiger partial charge in [-0.1, -0.05) is 49.7 Å². The fourth-order valence-corrected chi connectivity index (χ4v) is 3.74. The Morgan fingerprint density at radius 1 is 1.30 bits per heavy atom. The second kappa shape index (κ2) is 7.00. The third kappa shape index (κ3) is 3.47. The predicted octanol–water partition coefficient (Wildman–Crippen LogP) is 4.82. The van der Waals surface area contributed by atoms with Crippen LogP contribution in [0.3, 0.4) is 0 Å². The van der Waals surface area contributed by atoms with E-state index in [9.17, 15) is 10.1 Å². The summed E-state index contributed by atoms with van der Waals surface area (Å²) in [4.78, 5) is 15.6. The molecule has 5 nitrogen and oxygen atoms in total. The number of unbranched alkanes of at least 4 members (excludes halogenated alkanes) is 1. The van der Waals surface area contributed by atoms with Crippen molar-refractivity contribution in [3.8, 4) is 0 Å². The Kier molecular flexibility index (Phi) is 4.81. The Balaban J connectivity index is 1.87. The van der Waals surface area contributed by atoms with E-state index in [2.05, 4.69) is 12.2 Å². The molecule has 0 fully saturated rings. The number of nitro groups is 1. The summed E-state index contributed by atoms with van der Waals surface area (Å²) >= 11 is 1.72. The van der Waals surface area contributed by atoms with Crippen LogP contribution in [-0.4, -0.2) is 21.9 Å². The molecule has 0 saturated carbocycles. The highest BCUT2D eigenvalue weighted by atomic mass is 32.2. The van der Waals surface area contributed by atoms with E-state index >= 15 is 0 Å². The molecule has 0 radical (unpaired) electrons. The highest BCUT2D eigenvalue weighted by Gasteiger charge is 2.19. The van der Waals surface area contributed by atoms with Gasteiger partial charge in [-0.15, -0.1) is 0 Å². The third-order valence-corrected chi connectivity index (χ3v) is 4.97. The molecule has 0 spiro atoms. The summed E-state index contributed by atoms with van der Waals surface area (Å²) in [5, 5.41) is 16.9. The minimum atomic E-state index is -0.339. The van der Waals surface area contributed by atoms with E-state index in [1.165, 1.54) is 12.8 Å². The maximum atomic E-state index is 11.2. The van der Waals surface area contributed by atoms with Crippen LogP contribution in [0.5, 0.6) is 0 Å². The number of rotatable bonds is 5. The van der Waals surface area contributed by atoms with E-state index in [4.69, 9.17) is 4.99 Å². The van der Waals surface area contributed by atoms with Gasteiger partial charge < -0.3 is 5.32 Å². The monoisotopic (exact) mass is 329 g/mol. The molecule has 23 heavy (non-hydrogen) atoms. The first-order valence-corrected chi connectivity index (χ1v) is 8.81. The van der Waals surface area contributed by atoms with Crippen molar-refractivity contribution in [2.45, 2.75) is 32.2 Å². The standard InChI is InChI=1S/C17H19N3O2S/c1-2-3-6-12-11-23-17(18-12)19-15-9-10-16(20(21)22)14-8-5-4-7-13(14)15/h4-5,7-10,12H,2-3,6,11H2,1H3,(H,18,19)/t12-/m0/s1. The molecule has 2 aromatic carbocycles. The van der Waals surface area contributed by atoms with Crippen LogP contribution in [-0.2, 0) is 0 Å². The summed E-state index contributed by atoms with van der Waals surface area (Å²) in [7, 11) is 0. The quantitative estimate of drug-likeness (QED) is 0.630. The summed E-state index contributed by atoms with van der Waals surface area (Å²) in [6.07, 6.45) is 3.50. The summed E-state index contributed by atoms with van der Waals surface area (Å²) in [5.74, 6) is 1.01. The molecular formula is C17H19N3O2S. The number of hydrogen-bond acceptors (Lipinski definition) is 5. The molecule has 2 aromatic rings. The Hall–Kier alpha value is -2.08. The van der Waals surface area contributed by atoms with Crippen molar-refractivity contribution in [3.63, 3.8) is 0 Å². The van der Waals surface area contributed by atoms with Gasteiger partial charge in [-0.3, -0.25) is 15.1 Å². The van der Waals surface area contributed by atoms with Crippen LogP contribution in [0.4, 0.5) is 11.4 Å². The van der Waals surface area contributed by atoms with E-state index in [1.807, 2.05) is 18.2 Å². The van der Waals surface area contributed by atoms with Gasteiger partial charge in [-0.2, -0.15) is 0 Å². The van der Waals surface area contributed by atoms with Crippen molar-refractivity contribution in [3.05, 3.63) is 46.5 Å². The fraction of sp³-hybridized carbons (Fsp3) is 0.353. The van der Waals surface area contributed by atoms with Crippen LogP contribution < -0.4 is 5.32 Å². The molecule has 0 bridgehead atoms. The maximum absolute atomic E-state index is 11.2. The molecule has 1 aliphatic rings. The number of hydrogen-bond donors (Lipinski definition) is 1. The second-order valence-electron chi connectivity index (χ2n) is 5.60. The molecule has 0 saturated heterocycles. The van der Waals surface area contributed by atoms with Gasteiger partial charge >= 0.3 is 0 Å². The van der Waals surface area contributed by atoms with Gasteiger partial charge in [0.2, 0.25) is 0 Å². The van der Waals surface area contributed by atoms with Gasteiger partial charge in [0, 0.05) is 22.9 Å². The molecule has 120 valence electrons. The number of amidine groups is 1. The number of benzene rings is 2. The molecule has 1 atom stereocenters. The lowest BCUT2D eigenvalue weighted by atomic mass is 10.1. The zero-order valence-electron chi connectivity index (χ0n) is 13.0. The molecule has 1 heterocycles. The first-order chi connectivity index (χ1) is 11.2. The lowest BCUT2D eigenvalue weighted by Crippen LogP contribution is -2.06. The van der Waals surface area contributed by atoms with Gasteiger partial charge in [0.05, 0.1) is 16.4 Å². The van der Waals surface area contributed by atoms with Crippen molar-refractivity contribution in [1.82, 2.24) is 0 Å². The van der Waals surface area contributed by atoms with Crippen LogP contribution in [0.1, 0.15) is 26.2 Å². The summed E-state index contributed by atoms with van der Waals surface area (Å²) in [5.41, 5.74) is 1.00. The number of thioether (sulfide) groups is 1. The van der Waals surface area contributed by atoms with Crippen LogP contribution in [0.25, 0.3) is 10.8 Å². The third-order valence-electron chi connectivity index (χ3n) is 3.94. The van der Waals surface area contributed by atoms with Gasteiger partial charge in [0.1, 0.15) is 0 Å². The molecule has 1 aliphatic heterocycles. The molecule has 3 rings (SSSR count). The molecule has 0 amide bonds. The van der Waals surface area contributed by atoms with E-state index < -0.39 is 0 Å². The van der Waals surface area contributed by atoms with Crippen LogP contribution >= 0.6 is 11.8 Å². The van der Waals surface area contributed by atoms with E-state index in [1.54, 1.807) is 30.0 Å². The number of anilines is 1. The number of nitrogens with one attached hydrogen (secondary N) is 1. The first-order valence-electron chi connectivity index (χ1n) is 7.82. The smallest absolute Gasteiger partial charge is 0.277 e. The zero-order chi connectivity index (χ0) is 16.2. The van der Waals surface area contributed by atoms with Gasteiger partial charge in [0.15, 0.2) is 5.17 Å². The first kappa shape index (κ1) is 15.8. The highest BCUT2D eigenvalue weighted by molar-refractivity contribution is 8.14. The zero-order valence-corrected chi connectivity index (χ0v) is 13.8. The molecule has 0 aromatic heterocycles. The molecular weight excluding hydrogens is 310 g/mol. The van der Waals surface area contributed by atoms with Crippen molar-refractivity contribution in [2.24, 2.45) is 4.99 Å². The van der Waals surface area contributed by atoms with E-state index in [0.29, 0.717) is 11.4 Å². The Labute approximate surface area is 139 Å². The van der Waals surface area contributed by atoms with Crippen LogP contribution in [0, 0.1) is 10.1 Å². The average Bonchev–Trinajstić information content (AvgIpc) is 3.00. The Bertz CT molecular complexity index is 761. The SMILES string of the molecule is CCCC[C@H]1CSC(Nc2ccc([N+](=O)[O-])c3ccccc23)=N1. The van der Waals surface area contributed by atoms with E-state index in [0.717, 1.165) is 28.4 Å². The summed E-state index contributed by atoms with van der Waals surface area (Å²) in [6.45, 7) is 2.19. The van der Waals surface area contributed by atoms with Crippen LogP contribution in [0.2, 0.25) is 0 Å². The molecule has 1 N–H and O–H groups in total. The van der Waals surface area contributed by atoms with Gasteiger partial charge in [-0.25, -0.2) is 0 Å². The van der Waals surface area contributed by atoms with Crippen molar-refractivity contribution in [2.75, 3.05) is 11.1 Å². The average molecular weight is 329 g/mol. The minimum Gasteiger partial charge on any atom is -0.334 e. The van der Waals surface area contributed by atoms with Gasteiger partial charge in [-0.05, 0) is 18.6 Å². The largest absolute Gasteiger partial charge is 0.334 e. The summed E-state index contributed by atoms with van der Waals surface area (Å²) < 4.78 is 0. The summed E-state index contributed by atoms with van der Waals surface area (Å²) in [6, 6.07) is 11.1. The highest BCUT2D eigenvalue weighted by Crippen LogP contribution is 2.32. The van der Waals surface area contributed by atoms with Gasteiger partial charge in [0.25, 0.3) is 5.69 Å². The molecule has 0 aliphatic carbocycles. The normalized spacial score (nSPS) is 17.3. The number of nitrogens with zero attached hydrogens (tertiary/aromatic N) is 2. The van der Waals surface area contributed by atoms with E-state index in [-0.39, 0.29) is 10.6 Å². The topological polar surface area (TPSA) is 67.5 Å². The van der Waals surface area contributed by atoms with Crippen molar-refractivity contribution in [1.29, 1.82) is 0 Å². The maximum Gasteiger partial charge on any atom is 0.277 e. The molecule has 6 heteroatoms. The van der Waals surface area contributed by atoms with Crippen molar-refractivity contribution >= 4 is 39.1 Å². The van der Waals surface area contributed by atoms with Crippen molar-refractivity contribution < 1.29 is 4.92 Å². The predicted molar refractivity (Wildman–Crippen MR) is 97.4 cm³/mol. The number of fused-ring (bicyclic) bond motifs is 1. The fourth-order valence-electron chi connectivity index (χ4n) is 2.74. The minimum absolute atomic E-state index is 0.132. The lowest BCUT2D eigenvalue weighted by molar-refractivity contribution is -0.383. The number of nitro benzene ring substituents is 1. The second-order valence-corrected chi connectivity index (χ2v) is 6.61. The number of non-ortho nitro benzene ring substituents is 1. The Morgan fingerprint density at radius 2 is 2.09 bits per heavy atom.